The van der Waals surface area contributed by atoms with Crippen LogP contribution in [0.4, 0.5) is 28.4 Å². The lowest BCUT2D eigenvalue weighted by Crippen LogP contribution is -2.49. The van der Waals surface area contributed by atoms with Gasteiger partial charge in [-0.1, -0.05) is 70.6 Å². The molecule has 96 heavy (non-hydrogen) atoms. The van der Waals surface area contributed by atoms with Crippen LogP contribution in [0.25, 0.3) is 0 Å². The number of nitrogens with one attached hydrogen (secondary N) is 5. The molecule has 0 bridgehead atoms. The molecule has 498 valence electrons. The zero-order chi connectivity index (χ0) is 95.4. The molecule has 15 N–H and O–H groups in total. The molecule has 5 fully saturated rings. The number of nitrogens with zero attached hydrogens (tertiary/aromatic N) is 5. The first kappa shape index (κ1) is 38.0. The van der Waals surface area contributed by atoms with Crippen molar-refractivity contribution in [1.82, 2.24) is 51.1 Å². The fourth-order valence-corrected chi connectivity index (χ4v) is 10.3. The minimum absolute atomic E-state index is 0. The highest BCUT2D eigenvalue weighted by atomic mass is 16.2. The molecule has 0 radical (unpaired) electrons. The maximum absolute atomic E-state index is 12.9. The maximum atomic E-state index is 12.9. The van der Waals surface area contributed by atoms with E-state index in [1.54, 1.807) is 18.2 Å². The molecule has 25 nitrogen and oxygen atoms in total. The Morgan fingerprint density at radius 1 is 0.375 bits per heavy atom. The molecule has 0 saturated carbocycles. The van der Waals surface area contributed by atoms with Gasteiger partial charge in [-0.15, -0.1) is 0 Å². The lowest BCUT2D eigenvalue weighted by atomic mass is 10.0. The van der Waals surface area contributed by atoms with Gasteiger partial charge in [-0.3, -0.25) is 47.9 Å². The topological polar surface area (TPSA) is 377 Å². The third-order valence-electron chi connectivity index (χ3n) is 14.9. The molecule has 5 unspecified atom stereocenters. The van der Waals surface area contributed by atoms with Gasteiger partial charge in [-0.25, -0.2) is 0 Å². The number of anilines is 5. The molecule has 10 heterocycles. The van der Waals surface area contributed by atoms with Gasteiger partial charge in [-0.05, 0) is 124 Å². The molecule has 10 aliphatic rings. The molecular formula is C71H79N15O10. The Bertz CT molecular complexity index is 5850. The molecule has 0 aromatic heterocycles. The quantitative estimate of drug-likeness (QED) is 0.0941. The SMILES string of the molecule is C.[2H]C1([2H])CC(=C)NC(=O)C1([2H])N1Cc2c(N)cccc2C1=O.[2H]C1([2H])c2c(N)cccc2C(=O)N1C1C(=O)NC(=C)C([2H])([2H])C1([2H])[2H].[2H]c1c([2H])c(N)c2c(c1[2H])C(=O)N(C1([2H])C(=O)NC(=C)CC1([2H])[2H])C2.[2H]c1c([2H])c(N)c2c(c1[2H])C(=O)N(C1C(=O)NC(=C)C([2H])([2H])C1([2H])[2H])C2.[2H]c1c([2H])c(N)c2c(c1[2H])C(=O)N(C1C(=O)NC(=C)C([2H])([2H])C1([2H])[2H])C2([2H])[2H]. The number of fused-ring (bicyclic) bond motifs is 5. The van der Waals surface area contributed by atoms with Crippen LogP contribution in [-0.4, -0.2) is 114 Å². The van der Waals surface area contributed by atoms with Gasteiger partial charge in [-0.2, -0.15) is 0 Å². The molecular weight excluding hydrogens is 1220 g/mol. The van der Waals surface area contributed by atoms with Gasteiger partial charge in [0.2, 0.25) is 29.5 Å². The Morgan fingerprint density at radius 3 is 1.08 bits per heavy atom. The Hall–Kier alpha value is -11.5. The van der Waals surface area contributed by atoms with Crippen LogP contribution in [-0.2, 0) is 56.6 Å². The second-order valence-electron chi connectivity index (χ2n) is 21.2. The number of hydrogen-bond acceptors (Lipinski definition) is 15. The van der Waals surface area contributed by atoms with Gasteiger partial charge in [0, 0.05) is 167 Å². The van der Waals surface area contributed by atoms with Crippen molar-refractivity contribution in [2.75, 3.05) is 28.7 Å². The van der Waals surface area contributed by atoms with E-state index in [0.717, 1.165) is 9.80 Å². The van der Waals surface area contributed by atoms with E-state index in [1.807, 2.05) is 5.32 Å². The summed E-state index contributed by atoms with van der Waals surface area (Å²) in [7, 11) is 0. The smallest absolute Gasteiger partial charge is 0.255 e. The number of piperidine rings is 5. The van der Waals surface area contributed by atoms with Gasteiger partial charge in [0.25, 0.3) is 29.5 Å². The third-order valence-corrected chi connectivity index (χ3v) is 14.9. The van der Waals surface area contributed by atoms with Gasteiger partial charge in [0.05, 0.1) is 20.6 Å². The number of benzene rings is 5. The van der Waals surface area contributed by atoms with Gasteiger partial charge < -0.3 is 79.8 Å². The van der Waals surface area contributed by atoms with Crippen molar-refractivity contribution in [3.05, 3.63) is 208 Å². The van der Waals surface area contributed by atoms with Crippen molar-refractivity contribution in [3.8, 4) is 0 Å². The van der Waals surface area contributed by atoms with Crippen LogP contribution in [0.5, 0.6) is 0 Å². The van der Waals surface area contributed by atoms with Crippen molar-refractivity contribution in [3.63, 3.8) is 0 Å². The highest BCUT2D eigenvalue weighted by Crippen LogP contribution is 2.37. The average Bonchev–Trinajstić information content (AvgIpc) is 1.65. The highest BCUT2D eigenvalue weighted by Gasteiger charge is 2.44. The number of carbonyl (C=O) groups is 10. The minimum Gasteiger partial charge on any atom is -0.398 e. The molecule has 5 aromatic rings. The normalized spacial score (nSPS) is 33.7. The summed E-state index contributed by atoms with van der Waals surface area (Å²) in [5.41, 5.74) is 26.0. The summed E-state index contributed by atoms with van der Waals surface area (Å²) < 4.78 is 249. The largest absolute Gasteiger partial charge is 0.398 e. The van der Waals surface area contributed by atoms with Crippen molar-refractivity contribution >= 4 is 87.5 Å². The standard InChI is InChI=1S/5C14H15N3O2.CH4/c5*1-8-5-6-12(13(18)16-8)17-7-10-9(14(17)19)3-2-4-11(10)15;/h5*2-4,12H,1,5-7,15H2,(H,16,18);1H4/i2D,3D,4D,5D2,6D2,7D2;2D,3D,4D,6D2,12D;2D,3D,4D,5D2,6D2;5D2,6D2,7D2;6D2,12D;. The summed E-state index contributed by atoms with van der Waals surface area (Å²) in [5.74, 6) is -9.75. The number of amides is 10. The first-order valence-electron chi connectivity index (χ1n) is 43.4. The van der Waals surface area contributed by atoms with Gasteiger partial charge in [0.15, 0.2) is 0 Å². The molecule has 5 aromatic carbocycles. The molecule has 5 saturated heterocycles. The van der Waals surface area contributed by atoms with Crippen molar-refractivity contribution in [2.45, 2.75) is 134 Å². The maximum Gasteiger partial charge on any atom is 0.255 e. The average molecular weight is 1330 g/mol. The summed E-state index contributed by atoms with van der Waals surface area (Å²) >= 11 is 0. The number of nitrogens with two attached hydrogens (primary N) is 5. The summed E-state index contributed by atoms with van der Waals surface area (Å²) in [6.07, 6.45) is -22.2. The zero-order valence-electron chi connectivity index (χ0n) is 80.5. The van der Waals surface area contributed by atoms with Gasteiger partial charge in [0.1, 0.15) is 30.2 Å². The number of hydrogen-bond donors (Lipinski definition) is 10. The fourth-order valence-electron chi connectivity index (χ4n) is 10.3. The van der Waals surface area contributed by atoms with Crippen LogP contribution in [0.1, 0.15) is 193 Å². The zero-order valence-corrected chi connectivity index (χ0v) is 49.5. The highest BCUT2D eigenvalue weighted by molar-refractivity contribution is 6.06. The lowest BCUT2D eigenvalue weighted by Gasteiger charge is -2.30. The van der Waals surface area contributed by atoms with Crippen LogP contribution >= 0.6 is 0 Å². The second-order valence-corrected chi connectivity index (χ2v) is 21.2. The van der Waals surface area contributed by atoms with Crippen molar-refractivity contribution in [2.24, 2.45) is 0 Å². The number of carbonyl (C=O) groups excluding carboxylic acids is 10. The molecule has 0 spiro atoms. The summed E-state index contributed by atoms with van der Waals surface area (Å²) in [4.78, 5) is 129. The molecule has 5 atom stereocenters. The predicted molar refractivity (Wildman–Crippen MR) is 362 cm³/mol. The Kier molecular flexibility index (Phi) is 10.9. The van der Waals surface area contributed by atoms with Crippen LogP contribution in [0.2, 0.25) is 0 Å². The third kappa shape index (κ3) is 13.2. The van der Waals surface area contributed by atoms with E-state index in [9.17, 15) is 47.9 Å². The monoisotopic (exact) mass is 1330 g/mol. The first-order chi connectivity index (χ1) is 57.4. The van der Waals surface area contributed by atoms with Gasteiger partial charge >= 0.3 is 0 Å². The summed E-state index contributed by atoms with van der Waals surface area (Å²) in [6.45, 7) is 10.7. The van der Waals surface area contributed by atoms with E-state index >= 15 is 0 Å². The number of nitrogen functional groups attached to an aromatic ring is 5. The van der Waals surface area contributed by atoms with Crippen LogP contribution in [0, 0.1) is 0 Å². The molecule has 25 heteroatoms. The Morgan fingerprint density at radius 2 is 0.677 bits per heavy atom. The van der Waals surface area contributed by atoms with Crippen LogP contribution in [0.15, 0.2) is 152 Å². The molecule has 10 aliphatic heterocycles. The Balaban J connectivity index is 0.000000165. The number of rotatable bonds is 5. The first-order valence-corrected chi connectivity index (χ1v) is 27.9. The lowest BCUT2D eigenvalue weighted by molar-refractivity contribution is -0.127. The molecule has 0 aliphatic carbocycles. The van der Waals surface area contributed by atoms with E-state index in [0.29, 0.717) is 26.6 Å². The number of allylic oxidation sites excluding steroid dienone is 5. The summed E-state index contributed by atoms with van der Waals surface area (Å²) in [5, 5.41) is 11.0. The molecule has 10 amide bonds. The van der Waals surface area contributed by atoms with E-state index in [-0.39, 0.29) is 107 Å². The molecule has 15 rings (SSSR count). The van der Waals surface area contributed by atoms with E-state index in [1.165, 1.54) is 18.2 Å². The summed E-state index contributed by atoms with van der Waals surface area (Å²) in [6, 6.07) is -7.26. The van der Waals surface area contributed by atoms with Crippen LogP contribution < -0.4 is 55.3 Å². The van der Waals surface area contributed by atoms with Crippen molar-refractivity contribution in [1.29, 1.82) is 0 Å². The van der Waals surface area contributed by atoms with E-state index in [2.05, 4.69) is 54.2 Å². The fraction of sp³-hybridized carbons (Fsp3) is 0.296. The van der Waals surface area contributed by atoms with E-state index in [4.69, 9.17) is 71.2 Å². The van der Waals surface area contributed by atoms with E-state index < -0.39 is 241 Å². The minimum atomic E-state index is -3.08. The predicted octanol–water partition coefficient (Wildman–Crippen LogP) is 5.72. The van der Waals surface area contributed by atoms with Crippen LogP contribution in [0.3, 0.4) is 0 Å². The van der Waals surface area contributed by atoms with Crippen molar-refractivity contribution < 1.29 is 90.4 Å². The Labute approximate surface area is 599 Å². The second kappa shape index (κ2) is 27.6.